The van der Waals surface area contributed by atoms with Crippen LogP contribution in [0.25, 0.3) is 27.9 Å². The predicted molar refractivity (Wildman–Crippen MR) is 86.4 cm³/mol. The lowest BCUT2D eigenvalue weighted by Gasteiger charge is -2.08. The molecule has 0 bridgehead atoms. The number of aryl methyl sites for hydroxylation is 1. The lowest BCUT2D eigenvalue weighted by atomic mass is 10.0. The van der Waals surface area contributed by atoms with Crippen LogP contribution < -0.4 is 5.32 Å². The second-order valence-corrected chi connectivity index (χ2v) is 5.35. The van der Waals surface area contributed by atoms with Crippen LogP contribution in [0.15, 0.2) is 54.7 Å². The van der Waals surface area contributed by atoms with E-state index in [0.717, 1.165) is 22.2 Å². The Balaban J connectivity index is 2.21. The minimum atomic E-state index is -0.207. The minimum absolute atomic E-state index is 0.0720. The van der Waals surface area contributed by atoms with E-state index in [1.807, 2.05) is 54.1 Å². The van der Waals surface area contributed by atoms with Crippen LogP contribution in [0.1, 0.15) is 15.9 Å². The van der Waals surface area contributed by atoms with Crippen molar-refractivity contribution in [1.82, 2.24) is 9.88 Å². The standard InChI is InChI=1S/C18H14N2O2/c1-20-13-9-5-8-12-15(13)16(14(21)10-19-18(12)22)17(20)11-6-3-2-4-7-11/h2-10,21H,1H3,(H,19,22). The first-order valence-electron chi connectivity index (χ1n) is 7.05. The molecule has 1 aliphatic heterocycles. The summed E-state index contributed by atoms with van der Waals surface area (Å²) in [5.41, 5.74) is 4.08. The molecule has 1 amide bonds. The largest absolute Gasteiger partial charge is 0.506 e. The molecule has 0 radical (unpaired) electrons. The van der Waals surface area contributed by atoms with Gasteiger partial charge in [-0.15, -0.1) is 0 Å². The van der Waals surface area contributed by atoms with Gasteiger partial charge in [0, 0.05) is 29.7 Å². The van der Waals surface area contributed by atoms with E-state index in [-0.39, 0.29) is 11.7 Å². The SMILES string of the molecule is Cn1c(-c2ccccc2)c2c3c(cccc31)C(=O)NC=C2O. The predicted octanol–water partition coefficient (Wildman–Crippen LogP) is 3.45. The summed E-state index contributed by atoms with van der Waals surface area (Å²) in [7, 11) is 1.95. The van der Waals surface area contributed by atoms with E-state index in [2.05, 4.69) is 5.32 Å². The molecule has 108 valence electrons. The van der Waals surface area contributed by atoms with Crippen LogP contribution >= 0.6 is 0 Å². The van der Waals surface area contributed by atoms with Crippen LogP contribution in [0.4, 0.5) is 0 Å². The minimum Gasteiger partial charge on any atom is -0.506 e. The molecule has 22 heavy (non-hydrogen) atoms. The number of rotatable bonds is 1. The van der Waals surface area contributed by atoms with Crippen LogP contribution in [-0.2, 0) is 7.05 Å². The van der Waals surface area contributed by atoms with Crippen molar-refractivity contribution >= 4 is 22.6 Å². The molecule has 4 heteroatoms. The molecule has 0 spiro atoms. The molecule has 1 aliphatic rings. The number of hydrogen-bond donors (Lipinski definition) is 2. The van der Waals surface area contributed by atoms with Gasteiger partial charge in [0.2, 0.25) is 0 Å². The van der Waals surface area contributed by atoms with E-state index < -0.39 is 0 Å². The van der Waals surface area contributed by atoms with Crippen molar-refractivity contribution in [2.75, 3.05) is 0 Å². The lowest BCUT2D eigenvalue weighted by molar-refractivity contribution is 0.0971. The van der Waals surface area contributed by atoms with Crippen molar-refractivity contribution in [1.29, 1.82) is 0 Å². The highest BCUT2D eigenvalue weighted by molar-refractivity contribution is 6.14. The molecule has 3 aromatic rings. The van der Waals surface area contributed by atoms with Crippen molar-refractivity contribution in [2.24, 2.45) is 7.05 Å². The highest BCUT2D eigenvalue weighted by atomic mass is 16.3. The van der Waals surface area contributed by atoms with Gasteiger partial charge in [-0.05, 0) is 17.7 Å². The van der Waals surface area contributed by atoms with E-state index in [4.69, 9.17) is 0 Å². The summed E-state index contributed by atoms with van der Waals surface area (Å²) in [5, 5.41) is 13.9. The monoisotopic (exact) mass is 290 g/mol. The van der Waals surface area contributed by atoms with Crippen LogP contribution in [0.3, 0.4) is 0 Å². The van der Waals surface area contributed by atoms with E-state index in [1.54, 1.807) is 6.07 Å². The second-order valence-electron chi connectivity index (χ2n) is 5.35. The normalized spacial score (nSPS) is 13.7. The van der Waals surface area contributed by atoms with E-state index in [9.17, 15) is 9.90 Å². The molecule has 0 aliphatic carbocycles. The molecular formula is C18H14N2O2. The van der Waals surface area contributed by atoms with Crippen molar-refractivity contribution in [3.8, 4) is 11.3 Å². The molecule has 0 fully saturated rings. The number of benzene rings is 2. The summed E-state index contributed by atoms with van der Waals surface area (Å²) in [5.74, 6) is -0.135. The molecule has 4 nitrogen and oxygen atoms in total. The van der Waals surface area contributed by atoms with Gasteiger partial charge in [-0.25, -0.2) is 0 Å². The van der Waals surface area contributed by atoms with Crippen LogP contribution in [0, 0.1) is 0 Å². The van der Waals surface area contributed by atoms with Crippen LogP contribution in [0.2, 0.25) is 0 Å². The number of carbonyl (C=O) groups is 1. The number of aliphatic hydroxyl groups is 1. The number of aromatic nitrogens is 1. The van der Waals surface area contributed by atoms with E-state index in [1.165, 1.54) is 6.20 Å². The maximum absolute atomic E-state index is 12.2. The Hall–Kier alpha value is -3.01. The van der Waals surface area contributed by atoms with Crippen molar-refractivity contribution < 1.29 is 9.90 Å². The van der Waals surface area contributed by atoms with Crippen LogP contribution in [0.5, 0.6) is 0 Å². The Bertz CT molecular complexity index is 937. The van der Waals surface area contributed by atoms with Gasteiger partial charge in [-0.2, -0.15) is 0 Å². The number of carbonyl (C=O) groups excluding carboxylic acids is 1. The number of amides is 1. The summed E-state index contributed by atoms with van der Waals surface area (Å²) in [6.45, 7) is 0. The summed E-state index contributed by atoms with van der Waals surface area (Å²) in [4.78, 5) is 12.2. The van der Waals surface area contributed by atoms with Gasteiger partial charge in [0.05, 0.1) is 11.3 Å². The van der Waals surface area contributed by atoms with Crippen molar-refractivity contribution in [2.45, 2.75) is 0 Å². The zero-order valence-corrected chi connectivity index (χ0v) is 12.0. The third-order valence-electron chi connectivity index (χ3n) is 4.11. The smallest absolute Gasteiger partial charge is 0.256 e. The van der Waals surface area contributed by atoms with Gasteiger partial charge in [-0.3, -0.25) is 4.79 Å². The molecular weight excluding hydrogens is 276 g/mol. The van der Waals surface area contributed by atoms with Gasteiger partial charge in [-0.1, -0.05) is 36.4 Å². The molecule has 2 aromatic carbocycles. The van der Waals surface area contributed by atoms with Gasteiger partial charge < -0.3 is 15.0 Å². The molecule has 4 rings (SSSR count). The first kappa shape index (κ1) is 12.7. The molecule has 2 N–H and O–H groups in total. The molecule has 1 aromatic heterocycles. The third-order valence-corrected chi connectivity index (χ3v) is 4.11. The Labute approximate surface area is 127 Å². The maximum Gasteiger partial charge on any atom is 0.256 e. The van der Waals surface area contributed by atoms with Gasteiger partial charge in [0.1, 0.15) is 5.76 Å². The molecule has 2 heterocycles. The quantitative estimate of drug-likeness (QED) is 0.721. The van der Waals surface area contributed by atoms with E-state index >= 15 is 0 Å². The Kier molecular flexibility index (Phi) is 2.60. The average molecular weight is 290 g/mol. The highest BCUT2D eigenvalue weighted by Gasteiger charge is 2.25. The first-order chi connectivity index (χ1) is 10.7. The number of nitrogens with one attached hydrogen (secondary N) is 1. The number of nitrogens with zero attached hydrogens (tertiary/aromatic N) is 1. The van der Waals surface area contributed by atoms with Gasteiger partial charge >= 0.3 is 0 Å². The zero-order valence-electron chi connectivity index (χ0n) is 12.0. The fraction of sp³-hybridized carbons (Fsp3) is 0.0556. The Morgan fingerprint density at radius 2 is 1.82 bits per heavy atom. The average Bonchev–Trinajstić information content (AvgIpc) is 2.79. The topological polar surface area (TPSA) is 54.3 Å². The summed E-state index contributed by atoms with van der Waals surface area (Å²) < 4.78 is 2.02. The number of hydrogen-bond acceptors (Lipinski definition) is 2. The molecule has 0 saturated heterocycles. The molecule has 0 atom stereocenters. The maximum atomic E-state index is 12.2. The van der Waals surface area contributed by atoms with Crippen molar-refractivity contribution in [3.05, 3.63) is 65.9 Å². The third kappa shape index (κ3) is 1.61. The highest BCUT2D eigenvalue weighted by Crippen LogP contribution is 2.39. The summed E-state index contributed by atoms with van der Waals surface area (Å²) >= 11 is 0. The fourth-order valence-electron chi connectivity index (χ4n) is 3.15. The second kappa shape index (κ2) is 4.49. The molecule has 0 saturated carbocycles. The first-order valence-corrected chi connectivity index (χ1v) is 7.05. The van der Waals surface area contributed by atoms with E-state index in [0.29, 0.717) is 11.1 Å². The Morgan fingerprint density at radius 3 is 2.59 bits per heavy atom. The van der Waals surface area contributed by atoms with Crippen LogP contribution in [-0.4, -0.2) is 15.6 Å². The molecule has 0 unspecified atom stereocenters. The zero-order chi connectivity index (χ0) is 15.3. The van der Waals surface area contributed by atoms with Crippen molar-refractivity contribution in [3.63, 3.8) is 0 Å². The fourth-order valence-corrected chi connectivity index (χ4v) is 3.15. The Morgan fingerprint density at radius 1 is 1.05 bits per heavy atom. The lowest BCUT2D eigenvalue weighted by Crippen LogP contribution is -2.16. The van der Waals surface area contributed by atoms with Gasteiger partial charge in [0.25, 0.3) is 5.91 Å². The summed E-state index contributed by atoms with van der Waals surface area (Å²) in [6, 6.07) is 15.5. The van der Waals surface area contributed by atoms with Gasteiger partial charge in [0.15, 0.2) is 0 Å². The number of aliphatic hydroxyl groups excluding tert-OH is 1. The summed E-state index contributed by atoms with van der Waals surface area (Å²) in [6.07, 6.45) is 1.36.